The van der Waals surface area contributed by atoms with Crippen LogP contribution in [0.5, 0.6) is 0 Å². The number of nitrogens with zero attached hydrogens (tertiary/aromatic N) is 1. The van der Waals surface area contributed by atoms with Gasteiger partial charge in [0.2, 0.25) is 0 Å². The molecule has 0 aliphatic carbocycles. The van der Waals surface area contributed by atoms with Crippen molar-refractivity contribution in [2.24, 2.45) is 11.8 Å². The Labute approximate surface area is 154 Å². The maximum atomic E-state index is 12.4. The van der Waals surface area contributed by atoms with Gasteiger partial charge >= 0.3 is 12.1 Å². The molecule has 5 nitrogen and oxygen atoms in total. The Balaban J connectivity index is 4.38. The second-order valence-corrected chi connectivity index (χ2v) is 7.66. The summed E-state index contributed by atoms with van der Waals surface area (Å²) in [5, 5.41) is 0. The molecule has 25 heavy (non-hydrogen) atoms. The molecule has 0 N–H and O–H groups in total. The maximum Gasteiger partial charge on any atom is 0.410 e. The van der Waals surface area contributed by atoms with Crippen molar-refractivity contribution < 1.29 is 19.1 Å². The Bertz CT molecular complexity index is 369. The van der Waals surface area contributed by atoms with Crippen LogP contribution in [-0.2, 0) is 14.3 Å². The first-order valence-electron chi connectivity index (χ1n) is 9.85. The summed E-state index contributed by atoms with van der Waals surface area (Å²) in [5.41, 5.74) is 0. The zero-order valence-electron chi connectivity index (χ0n) is 17.2. The van der Waals surface area contributed by atoms with Gasteiger partial charge in [-0.15, -0.1) is 0 Å². The fraction of sp³-hybridized carbons (Fsp3) is 0.900. The zero-order valence-corrected chi connectivity index (χ0v) is 17.2. The Kier molecular flexibility index (Phi) is 13.3. The van der Waals surface area contributed by atoms with Gasteiger partial charge in [0.1, 0.15) is 6.04 Å². The summed E-state index contributed by atoms with van der Waals surface area (Å²) in [6.45, 7) is 11.0. The summed E-state index contributed by atoms with van der Waals surface area (Å²) in [6, 6.07) is -0.584. The number of hydrogen-bond acceptors (Lipinski definition) is 4. The van der Waals surface area contributed by atoms with E-state index in [9.17, 15) is 9.59 Å². The van der Waals surface area contributed by atoms with Gasteiger partial charge in [-0.1, -0.05) is 66.7 Å². The van der Waals surface area contributed by atoms with Gasteiger partial charge in [0.05, 0.1) is 13.2 Å². The molecule has 0 fully saturated rings. The van der Waals surface area contributed by atoms with Gasteiger partial charge in [0, 0.05) is 7.05 Å². The largest absolute Gasteiger partial charge is 0.464 e. The van der Waals surface area contributed by atoms with E-state index in [0.29, 0.717) is 19.6 Å². The van der Waals surface area contributed by atoms with Crippen LogP contribution in [0.3, 0.4) is 0 Å². The lowest BCUT2D eigenvalue weighted by Gasteiger charge is -2.27. The highest BCUT2D eigenvalue weighted by molar-refractivity contribution is 5.81. The van der Waals surface area contributed by atoms with E-state index >= 15 is 0 Å². The molecule has 0 aliphatic rings. The van der Waals surface area contributed by atoms with Gasteiger partial charge < -0.3 is 9.47 Å². The number of carbonyl (C=O) groups is 2. The fourth-order valence-electron chi connectivity index (χ4n) is 2.48. The molecule has 0 aromatic rings. The van der Waals surface area contributed by atoms with Gasteiger partial charge in [0.25, 0.3) is 0 Å². The first-order valence-corrected chi connectivity index (χ1v) is 9.85. The van der Waals surface area contributed by atoms with Crippen molar-refractivity contribution in [3.8, 4) is 0 Å². The molecule has 5 heteroatoms. The van der Waals surface area contributed by atoms with Gasteiger partial charge in [-0.3, -0.25) is 4.90 Å². The normalized spacial score (nSPS) is 12.3. The topological polar surface area (TPSA) is 55.8 Å². The van der Waals surface area contributed by atoms with Crippen molar-refractivity contribution in [2.75, 3.05) is 20.3 Å². The van der Waals surface area contributed by atoms with E-state index < -0.39 is 12.1 Å². The Morgan fingerprint density at radius 3 is 2.04 bits per heavy atom. The SMILES string of the molecule is CCCCCCCCOC(=O)C(CC(C)C)N(C)C(=O)OCC(C)C. The third-order valence-corrected chi connectivity index (χ3v) is 4.00. The van der Waals surface area contributed by atoms with E-state index in [2.05, 4.69) is 6.92 Å². The minimum absolute atomic E-state index is 0.264. The first-order chi connectivity index (χ1) is 11.8. The second kappa shape index (κ2) is 14.0. The van der Waals surface area contributed by atoms with Crippen molar-refractivity contribution >= 4 is 12.1 Å². The van der Waals surface area contributed by atoms with Crippen molar-refractivity contribution in [3.05, 3.63) is 0 Å². The number of amides is 1. The first kappa shape index (κ1) is 23.7. The molecule has 0 saturated heterocycles. The van der Waals surface area contributed by atoms with Crippen LogP contribution in [0.25, 0.3) is 0 Å². The number of esters is 1. The number of hydrogen-bond donors (Lipinski definition) is 0. The highest BCUT2D eigenvalue weighted by Crippen LogP contribution is 2.14. The average Bonchev–Trinajstić information content (AvgIpc) is 2.55. The summed E-state index contributed by atoms with van der Waals surface area (Å²) < 4.78 is 10.7. The van der Waals surface area contributed by atoms with Crippen LogP contribution >= 0.6 is 0 Å². The molecule has 1 amide bonds. The molecule has 0 bridgehead atoms. The van der Waals surface area contributed by atoms with Gasteiger partial charge in [-0.05, 0) is 24.7 Å². The van der Waals surface area contributed by atoms with Gasteiger partial charge in [-0.2, -0.15) is 0 Å². The predicted octanol–water partition coefficient (Wildman–Crippen LogP) is 5.03. The maximum absolute atomic E-state index is 12.4. The Hall–Kier alpha value is -1.26. The molecular weight excluding hydrogens is 318 g/mol. The van der Waals surface area contributed by atoms with Gasteiger partial charge in [-0.25, -0.2) is 9.59 Å². The number of ether oxygens (including phenoxy) is 2. The third-order valence-electron chi connectivity index (χ3n) is 4.00. The minimum Gasteiger partial charge on any atom is -0.464 e. The zero-order chi connectivity index (χ0) is 19.2. The quantitative estimate of drug-likeness (QED) is 0.343. The number of likely N-dealkylation sites (N-methyl/N-ethyl adjacent to an activating group) is 1. The summed E-state index contributed by atoms with van der Waals surface area (Å²) in [6.07, 6.45) is 6.98. The third kappa shape index (κ3) is 11.8. The highest BCUT2D eigenvalue weighted by Gasteiger charge is 2.30. The van der Waals surface area contributed by atoms with Crippen LogP contribution in [0.2, 0.25) is 0 Å². The molecule has 0 aliphatic heterocycles. The van der Waals surface area contributed by atoms with E-state index in [0.717, 1.165) is 12.8 Å². The van der Waals surface area contributed by atoms with E-state index in [1.165, 1.54) is 30.6 Å². The average molecular weight is 358 g/mol. The summed E-state index contributed by atoms with van der Waals surface area (Å²) >= 11 is 0. The Morgan fingerprint density at radius 2 is 1.48 bits per heavy atom. The molecule has 0 saturated carbocycles. The molecule has 1 unspecified atom stereocenters. The van der Waals surface area contributed by atoms with Gasteiger partial charge in [0.15, 0.2) is 0 Å². The van der Waals surface area contributed by atoms with Crippen LogP contribution in [0.1, 0.15) is 79.6 Å². The lowest BCUT2D eigenvalue weighted by atomic mass is 10.0. The minimum atomic E-state index is -0.584. The molecule has 0 heterocycles. The van der Waals surface area contributed by atoms with Crippen molar-refractivity contribution in [1.29, 1.82) is 0 Å². The number of rotatable bonds is 13. The predicted molar refractivity (Wildman–Crippen MR) is 102 cm³/mol. The lowest BCUT2D eigenvalue weighted by Crippen LogP contribution is -2.44. The smallest absolute Gasteiger partial charge is 0.410 e. The van der Waals surface area contributed by atoms with Crippen LogP contribution in [0, 0.1) is 11.8 Å². The molecule has 0 aromatic carbocycles. The van der Waals surface area contributed by atoms with E-state index in [4.69, 9.17) is 9.47 Å². The molecule has 148 valence electrons. The number of unbranched alkanes of at least 4 members (excludes halogenated alkanes) is 5. The second-order valence-electron chi connectivity index (χ2n) is 7.66. The van der Waals surface area contributed by atoms with E-state index in [-0.39, 0.29) is 17.8 Å². The lowest BCUT2D eigenvalue weighted by molar-refractivity contribution is -0.149. The fourth-order valence-corrected chi connectivity index (χ4v) is 2.48. The molecule has 0 aromatic heterocycles. The van der Waals surface area contributed by atoms with Crippen LogP contribution in [-0.4, -0.2) is 43.3 Å². The summed E-state index contributed by atoms with van der Waals surface area (Å²) in [7, 11) is 1.61. The highest BCUT2D eigenvalue weighted by atomic mass is 16.6. The Morgan fingerprint density at radius 1 is 0.880 bits per heavy atom. The van der Waals surface area contributed by atoms with E-state index in [1.807, 2.05) is 27.7 Å². The molecule has 0 spiro atoms. The molecule has 0 radical (unpaired) electrons. The van der Waals surface area contributed by atoms with Crippen molar-refractivity contribution in [1.82, 2.24) is 4.90 Å². The molecular formula is C20H39NO4. The van der Waals surface area contributed by atoms with Crippen LogP contribution in [0.15, 0.2) is 0 Å². The van der Waals surface area contributed by atoms with E-state index in [1.54, 1.807) is 7.05 Å². The van der Waals surface area contributed by atoms with Crippen molar-refractivity contribution in [2.45, 2.75) is 85.6 Å². The molecule has 1 atom stereocenters. The van der Waals surface area contributed by atoms with Crippen molar-refractivity contribution in [3.63, 3.8) is 0 Å². The standard InChI is InChI=1S/C20H39NO4/c1-7-8-9-10-11-12-13-24-19(22)18(14-16(2)3)21(6)20(23)25-15-17(4)5/h16-18H,7-15H2,1-6H3. The van der Waals surface area contributed by atoms with Crippen LogP contribution < -0.4 is 0 Å². The van der Waals surface area contributed by atoms with Crippen LogP contribution in [0.4, 0.5) is 4.79 Å². The number of carbonyl (C=O) groups excluding carboxylic acids is 2. The monoisotopic (exact) mass is 357 g/mol. The summed E-state index contributed by atoms with van der Waals surface area (Å²) in [4.78, 5) is 26.0. The summed E-state index contributed by atoms with van der Waals surface area (Å²) in [5.74, 6) is 0.221. The molecule has 0 rings (SSSR count).